The molecule has 0 saturated carbocycles. The van der Waals surface area contributed by atoms with Crippen LogP contribution >= 0.6 is 11.6 Å². The summed E-state index contributed by atoms with van der Waals surface area (Å²) < 4.78 is 5.20. The van der Waals surface area contributed by atoms with Gasteiger partial charge in [-0.05, 0) is 24.4 Å². The summed E-state index contributed by atoms with van der Waals surface area (Å²) in [6, 6.07) is 0.135. The van der Waals surface area contributed by atoms with E-state index in [1.54, 1.807) is 4.90 Å². The van der Waals surface area contributed by atoms with Crippen LogP contribution in [-0.4, -0.2) is 40.6 Å². The van der Waals surface area contributed by atoms with E-state index in [0.717, 1.165) is 0 Å². The summed E-state index contributed by atoms with van der Waals surface area (Å²) in [5, 5.41) is 0.0201. The number of nitrogens with two attached hydrogens (primary N) is 1. The molecule has 7 nitrogen and oxygen atoms in total. The van der Waals surface area contributed by atoms with E-state index in [1.165, 1.54) is 0 Å². The van der Waals surface area contributed by atoms with Crippen LogP contribution in [0.4, 0.5) is 5.95 Å². The van der Waals surface area contributed by atoms with Crippen LogP contribution in [0.25, 0.3) is 0 Å². The zero-order valence-electron chi connectivity index (χ0n) is 11.3. The van der Waals surface area contributed by atoms with Gasteiger partial charge in [-0.25, -0.2) is 0 Å². The average Bonchev–Trinajstić information content (AvgIpc) is 2.26. The standard InChI is InChI=1S/C11H18ClN5O2/c1-4-19-11-15-9(12)14-10(16-11)17(5-7(2)3)6-8(13)18/h7H,4-6H2,1-3H3,(H2,13,18). The number of anilines is 1. The molecule has 2 N–H and O–H groups in total. The number of hydrogen-bond donors (Lipinski definition) is 1. The van der Waals surface area contributed by atoms with E-state index in [-0.39, 0.29) is 23.8 Å². The van der Waals surface area contributed by atoms with Gasteiger partial charge in [0.05, 0.1) is 13.2 Å². The zero-order valence-corrected chi connectivity index (χ0v) is 12.0. The van der Waals surface area contributed by atoms with E-state index >= 15 is 0 Å². The molecule has 0 saturated heterocycles. The zero-order chi connectivity index (χ0) is 14.4. The number of aromatic nitrogens is 3. The second kappa shape index (κ2) is 7.08. The van der Waals surface area contributed by atoms with Crippen molar-refractivity contribution in [3.63, 3.8) is 0 Å². The molecule has 0 unspecified atom stereocenters. The van der Waals surface area contributed by atoms with Gasteiger partial charge in [-0.2, -0.15) is 15.0 Å². The van der Waals surface area contributed by atoms with Gasteiger partial charge in [-0.3, -0.25) is 4.79 Å². The Balaban J connectivity index is 3.02. The quantitative estimate of drug-likeness (QED) is 0.800. The van der Waals surface area contributed by atoms with Gasteiger partial charge in [0.15, 0.2) is 0 Å². The molecule has 0 fully saturated rings. The number of nitrogens with zero attached hydrogens (tertiary/aromatic N) is 4. The molecule has 0 aromatic carbocycles. The van der Waals surface area contributed by atoms with Gasteiger partial charge < -0.3 is 15.4 Å². The fraction of sp³-hybridized carbons (Fsp3) is 0.636. The molecule has 19 heavy (non-hydrogen) atoms. The third kappa shape index (κ3) is 5.25. The van der Waals surface area contributed by atoms with Crippen LogP contribution in [0.5, 0.6) is 6.01 Å². The second-order valence-electron chi connectivity index (χ2n) is 4.36. The summed E-state index contributed by atoms with van der Waals surface area (Å²) in [6.45, 7) is 6.85. The number of primary amides is 1. The molecule has 0 atom stereocenters. The minimum absolute atomic E-state index is 0.0179. The number of rotatable bonds is 7. The molecule has 1 amide bonds. The maximum absolute atomic E-state index is 11.1. The largest absolute Gasteiger partial charge is 0.464 e. The second-order valence-corrected chi connectivity index (χ2v) is 4.70. The van der Waals surface area contributed by atoms with Crippen molar-refractivity contribution in [2.75, 3.05) is 24.6 Å². The molecular formula is C11H18ClN5O2. The molecule has 1 aromatic heterocycles. The van der Waals surface area contributed by atoms with Crippen molar-refractivity contribution in [3.05, 3.63) is 5.28 Å². The van der Waals surface area contributed by atoms with E-state index in [0.29, 0.717) is 19.1 Å². The summed E-state index contributed by atoms with van der Waals surface area (Å²) in [4.78, 5) is 24.7. The number of ether oxygens (including phenoxy) is 1. The number of hydrogen-bond acceptors (Lipinski definition) is 6. The first-order valence-corrected chi connectivity index (χ1v) is 6.37. The van der Waals surface area contributed by atoms with Crippen LogP contribution in [-0.2, 0) is 4.79 Å². The topological polar surface area (TPSA) is 94.2 Å². The number of halogens is 1. The molecule has 0 aliphatic rings. The van der Waals surface area contributed by atoms with Crippen molar-refractivity contribution in [2.45, 2.75) is 20.8 Å². The molecule has 0 radical (unpaired) electrons. The molecule has 1 heterocycles. The highest BCUT2D eigenvalue weighted by Crippen LogP contribution is 2.16. The monoisotopic (exact) mass is 287 g/mol. The lowest BCUT2D eigenvalue weighted by Gasteiger charge is -2.23. The highest BCUT2D eigenvalue weighted by Gasteiger charge is 2.16. The lowest BCUT2D eigenvalue weighted by atomic mass is 10.2. The Morgan fingerprint density at radius 3 is 2.63 bits per heavy atom. The minimum atomic E-state index is -0.463. The fourth-order valence-electron chi connectivity index (χ4n) is 1.50. The Morgan fingerprint density at radius 2 is 2.11 bits per heavy atom. The van der Waals surface area contributed by atoms with Crippen molar-refractivity contribution < 1.29 is 9.53 Å². The van der Waals surface area contributed by atoms with Gasteiger partial charge in [0.25, 0.3) is 0 Å². The van der Waals surface area contributed by atoms with Gasteiger partial charge in [0, 0.05) is 6.54 Å². The smallest absolute Gasteiger partial charge is 0.322 e. The van der Waals surface area contributed by atoms with Gasteiger partial charge >= 0.3 is 6.01 Å². The van der Waals surface area contributed by atoms with Crippen LogP contribution < -0.4 is 15.4 Å². The van der Waals surface area contributed by atoms with Crippen molar-refractivity contribution in [3.8, 4) is 6.01 Å². The minimum Gasteiger partial charge on any atom is -0.464 e. The van der Waals surface area contributed by atoms with E-state index < -0.39 is 5.91 Å². The van der Waals surface area contributed by atoms with Gasteiger partial charge in [-0.15, -0.1) is 0 Å². The molecule has 8 heteroatoms. The molecule has 0 spiro atoms. The summed E-state index contributed by atoms with van der Waals surface area (Å²) in [6.07, 6.45) is 0. The Morgan fingerprint density at radius 1 is 1.42 bits per heavy atom. The van der Waals surface area contributed by atoms with Gasteiger partial charge in [-0.1, -0.05) is 13.8 Å². The average molecular weight is 288 g/mol. The Hall–Kier alpha value is -1.63. The van der Waals surface area contributed by atoms with E-state index in [4.69, 9.17) is 22.1 Å². The maximum Gasteiger partial charge on any atom is 0.322 e. The first-order valence-electron chi connectivity index (χ1n) is 6.00. The predicted octanol–water partition coefficient (Wildman–Crippen LogP) is 0.871. The van der Waals surface area contributed by atoms with Crippen LogP contribution in [0.2, 0.25) is 5.28 Å². The van der Waals surface area contributed by atoms with Crippen LogP contribution in [0.15, 0.2) is 0 Å². The summed E-state index contributed by atoms with van der Waals surface area (Å²) in [5.74, 6) is 0.136. The van der Waals surface area contributed by atoms with E-state index in [1.807, 2.05) is 20.8 Å². The SMILES string of the molecule is CCOc1nc(Cl)nc(N(CC(N)=O)CC(C)C)n1. The number of amides is 1. The Labute approximate surface area is 117 Å². The highest BCUT2D eigenvalue weighted by atomic mass is 35.5. The summed E-state index contributed by atoms with van der Waals surface area (Å²) >= 11 is 5.82. The fourth-order valence-corrected chi connectivity index (χ4v) is 1.65. The van der Waals surface area contributed by atoms with Gasteiger partial charge in [0.1, 0.15) is 0 Å². The molecule has 0 bridgehead atoms. The van der Waals surface area contributed by atoms with Gasteiger partial charge in [0.2, 0.25) is 17.1 Å². The molecule has 1 rings (SSSR count). The van der Waals surface area contributed by atoms with E-state index in [2.05, 4.69) is 15.0 Å². The summed E-state index contributed by atoms with van der Waals surface area (Å²) in [5.41, 5.74) is 5.23. The molecule has 0 aliphatic carbocycles. The van der Waals surface area contributed by atoms with Crippen LogP contribution in [0.1, 0.15) is 20.8 Å². The Bertz CT molecular complexity index is 441. The van der Waals surface area contributed by atoms with E-state index in [9.17, 15) is 4.79 Å². The number of carbonyl (C=O) groups is 1. The first kappa shape index (κ1) is 15.4. The molecule has 1 aromatic rings. The molecular weight excluding hydrogens is 270 g/mol. The normalized spacial score (nSPS) is 10.6. The third-order valence-electron chi connectivity index (χ3n) is 2.06. The van der Waals surface area contributed by atoms with Crippen LogP contribution in [0, 0.1) is 5.92 Å². The third-order valence-corrected chi connectivity index (χ3v) is 2.23. The van der Waals surface area contributed by atoms with Crippen molar-refractivity contribution in [1.29, 1.82) is 0 Å². The molecule has 106 valence electrons. The highest BCUT2D eigenvalue weighted by molar-refractivity contribution is 6.28. The summed E-state index contributed by atoms with van der Waals surface area (Å²) in [7, 11) is 0. The first-order chi connectivity index (χ1) is 8.92. The predicted molar refractivity (Wildman–Crippen MR) is 72.3 cm³/mol. The van der Waals surface area contributed by atoms with Crippen LogP contribution in [0.3, 0.4) is 0 Å². The lowest BCUT2D eigenvalue weighted by molar-refractivity contribution is -0.116. The van der Waals surface area contributed by atoms with Crippen molar-refractivity contribution >= 4 is 23.5 Å². The number of carbonyl (C=O) groups excluding carboxylic acids is 1. The molecule has 0 aliphatic heterocycles. The van der Waals surface area contributed by atoms with Crippen molar-refractivity contribution in [1.82, 2.24) is 15.0 Å². The Kier molecular flexibility index (Phi) is 5.75. The maximum atomic E-state index is 11.1. The lowest BCUT2D eigenvalue weighted by Crippen LogP contribution is -2.37. The van der Waals surface area contributed by atoms with Crippen molar-refractivity contribution in [2.24, 2.45) is 11.7 Å².